The van der Waals surface area contributed by atoms with E-state index in [1.807, 2.05) is 0 Å². The second-order valence-electron chi connectivity index (χ2n) is 4.77. The van der Waals surface area contributed by atoms with Crippen LogP contribution in [0.15, 0.2) is 12.3 Å². The summed E-state index contributed by atoms with van der Waals surface area (Å²) in [5, 5.41) is 12.2. The van der Waals surface area contributed by atoms with Gasteiger partial charge in [0.2, 0.25) is 0 Å². The molecule has 1 atom stereocenters. The Balaban J connectivity index is 2.00. The van der Waals surface area contributed by atoms with Crippen molar-refractivity contribution < 1.29 is 9.90 Å². The normalized spacial score (nSPS) is 19.5. The largest absolute Gasteiger partial charge is 0.478 e. The first-order valence-electron chi connectivity index (χ1n) is 6.58. The van der Waals surface area contributed by atoms with Crippen LogP contribution in [0.4, 0.5) is 11.5 Å². The van der Waals surface area contributed by atoms with Crippen LogP contribution in [-0.2, 0) is 0 Å². The van der Waals surface area contributed by atoms with E-state index in [9.17, 15) is 4.79 Å². The Bertz CT molecular complexity index is 464. The minimum absolute atomic E-state index is 0.0938. The summed E-state index contributed by atoms with van der Waals surface area (Å²) < 4.78 is 0. The number of likely N-dealkylation sites (N-methyl/N-ethyl adjacent to an activating group) is 1. The second kappa shape index (κ2) is 5.88. The molecule has 2 heterocycles. The number of nitrogens with one attached hydrogen (secondary N) is 1. The summed E-state index contributed by atoms with van der Waals surface area (Å²) in [5.74, 6) is -0.464. The Labute approximate surface area is 112 Å². The number of hydrogen-bond donors (Lipinski definition) is 3. The molecular formula is C13H20N4O2. The summed E-state index contributed by atoms with van der Waals surface area (Å²) in [7, 11) is 0. The molecule has 2 rings (SSSR count). The lowest BCUT2D eigenvalue weighted by atomic mass is 10.2. The van der Waals surface area contributed by atoms with Crippen LogP contribution in [0.2, 0.25) is 0 Å². The topological polar surface area (TPSA) is 91.5 Å². The molecule has 0 saturated carbocycles. The highest BCUT2D eigenvalue weighted by atomic mass is 16.4. The molecule has 0 bridgehead atoms. The molecule has 1 aromatic heterocycles. The molecule has 1 saturated heterocycles. The average molecular weight is 264 g/mol. The van der Waals surface area contributed by atoms with Gasteiger partial charge in [0.15, 0.2) is 0 Å². The highest BCUT2D eigenvalue weighted by molar-refractivity contribution is 5.94. The van der Waals surface area contributed by atoms with E-state index in [-0.39, 0.29) is 11.3 Å². The maximum absolute atomic E-state index is 11.0. The molecule has 0 amide bonds. The number of nitrogen functional groups attached to an aromatic ring is 1. The lowest BCUT2D eigenvalue weighted by Crippen LogP contribution is -2.34. The number of carboxylic acid groups (broad SMARTS) is 1. The Morgan fingerprint density at radius 1 is 1.68 bits per heavy atom. The number of aromatic nitrogens is 1. The van der Waals surface area contributed by atoms with Gasteiger partial charge in [0.1, 0.15) is 5.82 Å². The van der Waals surface area contributed by atoms with Crippen molar-refractivity contribution in [1.82, 2.24) is 9.88 Å². The number of nitrogens with two attached hydrogens (primary N) is 1. The second-order valence-corrected chi connectivity index (χ2v) is 4.77. The van der Waals surface area contributed by atoms with Crippen LogP contribution in [0.1, 0.15) is 30.1 Å². The highest BCUT2D eigenvalue weighted by Crippen LogP contribution is 2.18. The van der Waals surface area contributed by atoms with Crippen molar-refractivity contribution in [2.24, 2.45) is 0 Å². The number of aromatic carboxylic acids is 1. The van der Waals surface area contributed by atoms with Crippen LogP contribution in [-0.4, -0.2) is 46.6 Å². The van der Waals surface area contributed by atoms with Gasteiger partial charge in [0.25, 0.3) is 0 Å². The van der Waals surface area contributed by atoms with Crippen LogP contribution in [0.3, 0.4) is 0 Å². The summed E-state index contributed by atoms with van der Waals surface area (Å²) >= 11 is 0. The fourth-order valence-electron chi connectivity index (χ4n) is 2.51. The van der Waals surface area contributed by atoms with Gasteiger partial charge in [0, 0.05) is 12.6 Å². The predicted octanol–water partition coefficient (Wildman–Crippen LogP) is 1.26. The van der Waals surface area contributed by atoms with Crippen molar-refractivity contribution >= 4 is 17.5 Å². The molecule has 104 valence electrons. The predicted molar refractivity (Wildman–Crippen MR) is 74.4 cm³/mol. The Morgan fingerprint density at radius 2 is 2.47 bits per heavy atom. The first kappa shape index (κ1) is 13.6. The number of rotatable bonds is 5. The van der Waals surface area contributed by atoms with Crippen LogP contribution in [0.5, 0.6) is 0 Å². The van der Waals surface area contributed by atoms with Gasteiger partial charge in [0.05, 0.1) is 17.4 Å². The summed E-state index contributed by atoms with van der Waals surface area (Å²) in [6.45, 7) is 5.12. The minimum atomic E-state index is -1.03. The Hall–Kier alpha value is -1.82. The molecule has 1 unspecified atom stereocenters. The molecule has 4 N–H and O–H groups in total. The highest BCUT2D eigenvalue weighted by Gasteiger charge is 2.22. The van der Waals surface area contributed by atoms with E-state index in [0.29, 0.717) is 11.9 Å². The van der Waals surface area contributed by atoms with Crippen molar-refractivity contribution in [3.8, 4) is 0 Å². The average Bonchev–Trinajstić information content (AvgIpc) is 2.84. The van der Waals surface area contributed by atoms with Gasteiger partial charge in [-0.05, 0) is 32.0 Å². The molecule has 1 aromatic rings. The van der Waals surface area contributed by atoms with E-state index in [2.05, 4.69) is 22.1 Å². The van der Waals surface area contributed by atoms with E-state index in [0.717, 1.165) is 19.6 Å². The Morgan fingerprint density at radius 3 is 3.16 bits per heavy atom. The maximum atomic E-state index is 11.0. The molecule has 1 aliphatic rings. The van der Waals surface area contributed by atoms with E-state index in [1.54, 1.807) is 0 Å². The number of carbonyl (C=O) groups is 1. The third kappa shape index (κ3) is 3.14. The lowest BCUT2D eigenvalue weighted by Gasteiger charge is -2.23. The van der Waals surface area contributed by atoms with Gasteiger partial charge in [-0.15, -0.1) is 0 Å². The van der Waals surface area contributed by atoms with E-state index in [4.69, 9.17) is 10.8 Å². The zero-order chi connectivity index (χ0) is 13.8. The van der Waals surface area contributed by atoms with Crippen LogP contribution in [0.25, 0.3) is 0 Å². The Kier molecular flexibility index (Phi) is 4.21. The van der Waals surface area contributed by atoms with Gasteiger partial charge in [-0.3, -0.25) is 4.90 Å². The van der Waals surface area contributed by atoms with Crippen molar-refractivity contribution in [2.75, 3.05) is 30.7 Å². The number of anilines is 2. The standard InChI is InChI=1S/C13H20N4O2/c1-2-17-5-3-4-9(17)7-15-12-6-10(13(18)19)11(14)8-16-12/h6,8-9H,2-5,7,14H2,1H3,(H,15,16)(H,18,19). The zero-order valence-electron chi connectivity index (χ0n) is 11.1. The number of pyridine rings is 1. The van der Waals surface area contributed by atoms with Crippen LogP contribution in [0, 0.1) is 0 Å². The molecule has 0 spiro atoms. The molecule has 0 aliphatic carbocycles. The van der Waals surface area contributed by atoms with Crippen molar-refractivity contribution in [3.63, 3.8) is 0 Å². The van der Waals surface area contributed by atoms with E-state index >= 15 is 0 Å². The zero-order valence-corrected chi connectivity index (χ0v) is 11.1. The van der Waals surface area contributed by atoms with E-state index in [1.165, 1.54) is 25.1 Å². The molecule has 0 radical (unpaired) electrons. The molecular weight excluding hydrogens is 244 g/mol. The number of likely N-dealkylation sites (tertiary alicyclic amines) is 1. The molecule has 6 nitrogen and oxygen atoms in total. The number of nitrogens with zero attached hydrogens (tertiary/aromatic N) is 2. The summed E-state index contributed by atoms with van der Waals surface area (Å²) in [6, 6.07) is 1.99. The van der Waals surface area contributed by atoms with Gasteiger partial charge < -0.3 is 16.2 Å². The SMILES string of the molecule is CCN1CCCC1CNc1cc(C(=O)O)c(N)cn1. The smallest absolute Gasteiger partial charge is 0.337 e. The first-order chi connectivity index (χ1) is 9.11. The fraction of sp³-hybridized carbons (Fsp3) is 0.538. The first-order valence-corrected chi connectivity index (χ1v) is 6.58. The van der Waals surface area contributed by atoms with Gasteiger partial charge >= 0.3 is 5.97 Å². The number of hydrogen-bond acceptors (Lipinski definition) is 5. The fourth-order valence-corrected chi connectivity index (χ4v) is 2.51. The van der Waals surface area contributed by atoms with Crippen molar-refractivity contribution in [3.05, 3.63) is 17.8 Å². The van der Waals surface area contributed by atoms with Crippen molar-refractivity contribution in [2.45, 2.75) is 25.8 Å². The lowest BCUT2D eigenvalue weighted by molar-refractivity contribution is 0.0698. The van der Waals surface area contributed by atoms with Gasteiger partial charge in [-0.25, -0.2) is 9.78 Å². The summed E-state index contributed by atoms with van der Waals surface area (Å²) in [6.07, 6.45) is 3.77. The van der Waals surface area contributed by atoms with Gasteiger partial charge in [-0.1, -0.05) is 6.92 Å². The maximum Gasteiger partial charge on any atom is 0.337 e. The van der Waals surface area contributed by atoms with Crippen LogP contribution >= 0.6 is 0 Å². The van der Waals surface area contributed by atoms with Crippen LogP contribution < -0.4 is 11.1 Å². The third-order valence-electron chi connectivity index (χ3n) is 3.59. The summed E-state index contributed by atoms with van der Waals surface area (Å²) in [5.41, 5.74) is 5.86. The quantitative estimate of drug-likeness (QED) is 0.741. The van der Waals surface area contributed by atoms with Crippen molar-refractivity contribution in [1.29, 1.82) is 0 Å². The monoisotopic (exact) mass is 264 g/mol. The molecule has 6 heteroatoms. The molecule has 19 heavy (non-hydrogen) atoms. The molecule has 1 aliphatic heterocycles. The minimum Gasteiger partial charge on any atom is -0.478 e. The number of carboxylic acids is 1. The third-order valence-corrected chi connectivity index (χ3v) is 3.59. The molecule has 0 aromatic carbocycles. The van der Waals surface area contributed by atoms with Gasteiger partial charge in [-0.2, -0.15) is 0 Å². The summed E-state index contributed by atoms with van der Waals surface area (Å²) in [4.78, 5) is 17.5. The van der Waals surface area contributed by atoms with E-state index < -0.39 is 5.97 Å². The molecule has 1 fully saturated rings.